The second-order valence-corrected chi connectivity index (χ2v) is 6.35. The summed E-state index contributed by atoms with van der Waals surface area (Å²) in [6, 6.07) is 12.2. The molecule has 0 atom stereocenters. The van der Waals surface area contributed by atoms with Crippen molar-refractivity contribution in [1.82, 2.24) is 4.90 Å². The fraction of sp³-hybridized carbons (Fsp3) is 0.182. The summed E-state index contributed by atoms with van der Waals surface area (Å²) < 4.78 is 21.3. The van der Waals surface area contributed by atoms with Gasteiger partial charge in [0.05, 0.1) is 32.7 Å². The molecule has 2 N–H and O–H groups in total. The van der Waals surface area contributed by atoms with Crippen molar-refractivity contribution in [1.29, 1.82) is 0 Å². The standard InChI is InChI=1S/C22H22N2O6/c1-27-20-12-16(6-8-19(20)30-15-21(23)25)7-9-22(26)24(13-17-4-2-10-28-17)14-18-5-3-11-29-18/h2-12H,13-15H2,1H3,(H2,23,25)/b9-7+. The van der Waals surface area contributed by atoms with E-state index >= 15 is 0 Å². The van der Waals surface area contributed by atoms with Crippen LogP contribution < -0.4 is 15.2 Å². The molecule has 0 saturated carbocycles. The number of carbonyl (C=O) groups excluding carboxylic acids is 2. The van der Waals surface area contributed by atoms with Gasteiger partial charge in [-0.3, -0.25) is 9.59 Å². The van der Waals surface area contributed by atoms with Gasteiger partial charge in [-0.05, 0) is 48.0 Å². The van der Waals surface area contributed by atoms with Gasteiger partial charge in [-0.2, -0.15) is 0 Å². The van der Waals surface area contributed by atoms with Crippen LogP contribution in [0.25, 0.3) is 6.08 Å². The highest BCUT2D eigenvalue weighted by Gasteiger charge is 2.15. The van der Waals surface area contributed by atoms with E-state index in [2.05, 4.69) is 0 Å². The van der Waals surface area contributed by atoms with Crippen molar-refractivity contribution >= 4 is 17.9 Å². The molecule has 3 rings (SSSR count). The summed E-state index contributed by atoms with van der Waals surface area (Å²) in [6.45, 7) is 0.360. The van der Waals surface area contributed by atoms with Gasteiger partial charge >= 0.3 is 0 Å². The second-order valence-electron chi connectivity index (χ2n) is 6.35. The molecule has 156 valence electrons. The lowest BCUT2D eigenvalue weighted by Crippen LogP contribution is -2.28. The number of primary amides is 1. The third kappa shape index (κ3) is 5.78. The van der Waals surface area contributed by atoms with E-state index in [9.17, 15) is 9.59 Å². The molecular formula is C22H22N2O6. The number of methoxy groups -OCH3 is 1. The van der Waals surface area contributed by atoms with E-state index in [1.165, 1.54) is 13.2 Å². The molecule has 30 heavy (non-hydrogen) atoms. The molecular weight excluding hydrogens is 388 g/mol. The first-order valence-corrected chi connectivity index (χ1v) is 9.16. The zero-order valence-corrected chi connectivity index (χ0v) is 16.4. The van der Waals surface area contributed by atoms with Crippen molar-refractivity contribution in [2.24, 2.45) is 5.73 Å². The zero-order chi connectivity index (χ0) is 21.3. The van der Waals surface area contributed by atoms with E-state index in [0.29, 0.717) is 36.1 Å². The van der Waals surface area contributed by atoms with Gasteiger partial charge < -0.3 is 28.9 Å². The number of carbonyl (C=O) groups is 2. The molecule has 0 aliphatic rings. The molecule has 8 nitrogen and oxygen atoms in total. The number of ether oxygens (including phenoxy) is 2. The fourth-order valence-electron chi connectivity index (χ4n) is 2.72. The molecule has 0 radical (unpaired) electrons. The average molecular weight is 410 g/mol. The first-order valence-electron chi connectivity index (χ1n) is 9.16. The highest BCUT2D eigenvalue weighted by Crippen LogP contribution is 2.28. The first kappa shape index (κ1) is 20.8. The zero-order valence-electron chi connectivity index (χ0n) is 16.4. The molecule has 2 heterocycles. The number of benzene rings is 1. The third-order valence-electron chi connectivity index (χ3n) is 4.14. The van der Waals surface area contributed by atoms with Crippen LogP contribution in [0.1, 0.15) is 17.1 Å². The van der Waals surface area contributed by atoms with Gasteiger partial charge in [0.2, 0.25) is 5.91 Å². The van der Waals surface area contributed by atoms with Crippen LogP contribution in [0.5, 0.6) is 11.5 Å². The Morgan fingerprint density at radius 3 is 2.23 bits per heavy atom. The second kappa shape index (κ2) is 10.0. The largest absolute Gasteiger partial charge is 0.493 e. The summed E-state index contributed by atoms with van der Waals surface area (Å²) in [5.41, 5.74) is 5.82. The van der Waals surface area contributed by atoms with Crippen LogP contribution in [0.2, 0.25) is 0 Å². The molecule has 1 aromatic carbocycles. The number of amides is 2. The molecule has 0 fully saturated rings. The summed E-state index contributed by atoms with van der Waals surface area (Å²) in [6.07, 6.45) is 6.26. The first-order chi connectivity index (χ1) is 14.5. The minimum Gasteiger partial charge on any atom is -0.493 e. The number of hydrogen-bond donors (Lipinski definition) is 1. The summed E-state index contributed by atoms with van der Waals surface area (Å²) >= 11 is 0. The van der Waals surface area contributed by atoms with Gasteiger partial charge in [0.1, 0.15) is 11.5 Å². The van der Waals surface area contributed by atoms with Gasteiger partial charge in [-0.15, -0.1) is 0 Å². The number of nitrogens with zero attached hydrogens (tertiary/aromatic N) is 1. The minimum atomic E-state index is -0.583. The maximum absolute atomic E-state index is 12.8. The highest BCUT2D eigenvalue weighted by atomic mass is 16.5. The molecule has 3 aromatic rings. The van der Waals surface area contributed by atoms with Crippen molar-refractivity contribution in [3.05, 3.63) is 78.2 Å². The van der Waals surface area contributed by atoms with Crippen LogP contribution in [0.15, 0.2) is 69.9 Å². The molecule has 8 heteroatoms. The van der Waals surface area contributed by atoms with E-state index in [0.717, 1.165) is 5.56 Å². The van der Waals surface area contributed by atoms with Gasteiger partial charge in [-0.25, -0.2) is 0 Å². The van der Waals surface area contributed by atoms with Crippen LogP contribution >= 0.6 is 0 Å². The quantitative estimate of drug-likeness (QED) is 0.515. The van der Waals surface area contributed by atoms with Crippen LogP contribution in [-0.2, 0) is 22.7 Å². The SMILES string of the molecule is COc1cc(/C=C/C(=O)N(Cc2ccco2)Cc2ccco2)ccc1OCC(N)=O. The molecule has 2 aromatic heterocycles. The van der Waals surface area contributed by atoms with E-state index in [1.54, 1.807) is 53.8 Å². The molecule has 0 saturated heterocycles. The maximum atomic E-state index is 12.8. The number of furan rings is 2. The Hall–Kier alpha value is -3.94. The number of hydrogen-bond acceptors (Lipinski definition) is 6. The molecule has 0 bridgehead atoms. The van der Waals surface area contributed by atoms with E-state index in [-0.39, 0.29) is 12.5 Å². The fourth-order valence-corrected chi connectivity index (χ4v) is 2.72. The minimum absolute atomic E-state index is 0.212. The van der Waals surface area contributed by atoms with Crippen molar-refractivity contribution in [2.75, 3.05) is 13.7 Å². The van der Waals surface area contributed by atoms with E-state index in [4.69, 9.17) is 24.0 Å². The molecule has 0 aliphatic heterocycles. The number of rotatable bonds is 10. The topological polar surface area (TPSA) is 108 Å². The predicted octanol–water partition coefficient (Wildman–Crippen LogP) is 2.99. The van der Waals surface area contributed by atoms with Crippen LogP contribution in [0, 0.1) is 0 Å². The lowest BCUT2D eigenvalue weighted by Gasteiger charge is -2.18. The third-order valence-corrected chi connectivity index (χ3v) is 4.14. The Balaban J connectivity index is 1.73. The Morgan fingerprint density at radius 1 is 1.03 bits per heavy atom. The molecule has 2 amide bonds. The van der Waals surface area contributed by atoms with Crippen molar-refractivity contribution in [3.8, 4) is 11.5 Å². The summed E-state index contributed by atoms with van der Waals surface area (Å²) in [7, 11) is 1.49. The van der Waals surface area contributed by atoms with Crippen LogP contribution in [0.3, 0.4) is 0 Å². The summed E-state index contributed by atoms with van der Waals surface area (Å²) in [5.74, 6) is 1.35. The Labute approximate surface area is 173 Å². The maximum Gasteiger partial charge on any atom is 0.255 e. The molecule has 0 unspecified atom stereocenters. The normalized spacial score (nSPS) is 10.8. The van der Waals surface area contributed by atoms with Crippen molar-refractivity contribution in [2.45, 2.75) is 13.1 Å². The van der Waals surface area contributed by atoms with Gasteiger partial charge in [0.25, 0.3) is 5.91 Å². The van der Waals surface area contributed by atoms with Gasteiger partial charge in [0.15, 0.2) is 18.1 Å². The van der Waals surface area contributed by atoms with Gasteiger partial charge in [0, 0.05) is 6.08 Å². The molecule has 0 aliphatic carbocycles. The molecule has 0 spiro atoms. The Bertz CT molecular complexity index is 957. The lowest BCUT2D eigenvalue weighted by molar-refractivity contribution is -0.127. The highest BCUT2D eigenvalue weighted by molar-refractivity contribution is 5.91. The number of nitrogens with two attached hydrogens (primary N) is 1. The van der Waals surface area contributed by atoms with Crippen molar-refractivity contribution < 1.29 is 27.9 Å². The van der Waals surface area contributed by atoms with Crippen LogP contribution in [-0.4, -0.2) is 30.4 Å². The van der Waals surface area contributed by atoms with E-state index < -0.39 is 5.91 Å². The van der Waals surface area contributed by atoms with E-state index in [1.807, 2.05) is 12.1 Å². The van der Waals surface area contributed by atoms with Gasteiger partial charge in [-0.1, -0.05) is 6.07 Å². The smallest absolute Gasteiger partial charge is 0.255 e. The lowest BCUT2D eigenvalue weighted by atomic mass is 10.2. The van der Waals surface area contributed by atoms with Crippen LogP contribution in [0.4, 0.5) is 0 Å². The predicted molar refractivity (Wildman–Crippen MR) is 108 cm³/mol. The average Bonchev–Trinajstić information content (AvgIpc) is 3.44. The summed E-state index contributed by atoms with van der Waals surface area (Å²) in [4.78, 5) is 25.3. The Morgan fingerprint density at radius 2 is 1.70 bits per heavy atom. The summed E-state index contributed by atoms with van der Waals surface area (Å²) in [5, 5.41) is 0. The Kier molecular flexibility index (Phi) is 6.94. The monoisotopic (exact) mass is 410 g/mol. The van der Waals surface area contributed by atoms with Crippen molar-refractivity contribution in [3.63, 3.8) is 0 Å².